The van der Waals surface area contributed by atoms with Crippen LogP contribution in [0.3, 0.4) is 0 Å². The first-order valence-electron chi connectivity index (χ1n) is 5.89. The minimum absolute atomic E-state index is 0.0368. The van der Waals surface area contributed by atoms with E-state index < -0.39 is 9.84 Å². The summed E-state index contributed by atoms with van der Waals surface area (Å²) in [6.45, 7) is 0.508. The molecule has 2 aromatic rings. The van der Waals surface area contributed by atoms with Crippen LogP contribution >= 0.6 is 11.6 Å². The van der Waals surface area contributed by atoms with Gasteiger partial charge in [0.15, 0.2) is 9.84 Å². The van der Waals surface area contributed by atoms with E-state index in [2.05, 4.69) is 15.3 Å². The highest BCUT2D eigenvalue weighted by Crippen LogP contribution is 2.17. The topological polar surface area (TPSA) is 72.0 Å². The standard InChI is InChI=1S/C13H14ClN3O2S/c1-20(18,19)8-11-4-2-3-10(5-11)6-16-13-12(14)7-15-9-17-13/h2-5,7,9H,6,8H2,1H3,(H,15,16,17). The second kappa shape index (κ2) is 6.19. The molecule has 106 valence electrons. The van der Waals surface area contributed by atoms with E-state index in [1.165, 1.54) is 18.8 Å². The van der Waals surface area contributed by atoms with Crippen molar-refractivity contribution in [2.75, 3.05) is 11.6 Å². The van der Waals surface area contributed by atoms with Gasteiger partial charge in [-0.25, -0.2) is 18.4 Å². The molecule has 0 aliphatic rings. The summed E-state index contributed by atoms with van der Waals surface area (Å²) >= 11 is 5.94. The Balaban J connectivity index is 2.07. The maximum absolute atomic E-state index is 11.3. The molecule has 0 spiro atoms. The Morgan fingerprint density at radius 3 is 2.75 bits per heavy atom. The van der Waals surface area contributed by atoms with Crippen molar-refractivity contribution in [2.24, 2.45) is 0 Å². The molecule has 1 aromatic heterocycles. The summed E-state index contributed by atoms with van der Waals surface area (Å²) < 4.78 is 22.6. The highest BCUT2D eigenvalue weighted by molar-refractivity contribution is 7.89. The third-order valence-corrected chi connectivity index (χ3v) is 3.68. The third kappa shape index (κ3) is 4.47. The third-order valence-electron chi connectivity index (χ3n) is 2.55. The highest BCUT2D eigenvalue weighted by atomic mass is 35.5. The fourth-order valence-corrected chi connectivity index (χ4v) is 2.72. The normalized spacial score (nSPS) is 11.3. The zero-order valence-corrected chi connectivity index (χ0v) is 12.4. The average Bonchev–Trinajstić information content (AvgIpc) is 2.36. The van der Waals surface area contributed by atoms with Gasteiger partial charge in [-0.3, -0.25) is 0 Å². The van der Waals surface area contributed by atoms with Crippen LogP contribution in [0.2, 0.25) is 5.02 Å². The zero-order valence-electron chi connectivity index (χ0n) is 10.9. The smallest absolute Gasteiger partial charge is 0.151 e. The van der Waals surface area contributed by atoms with Crippen molar-refractivity contribution in [3.63, 3.8) is 0 Å². The van der Waals surface area contributed by atoms with Crippen molar-refractivity contribution in [3.8, 4) is 0 Å². The molecule has 0 fully saturated rings. The largest absolute Gasteiger partial charge is 0.365 e. The lowest BCUT2D eigenvalue weighted by Gasteiger charge is -2.08. The number of aromatic nitrogens is 2. The van der Waals surface area contributed by atoms with E-state index in [4.69, 9.17) is 11.6 Å². The van der Waals surface area contributed by atoms with Crippen LogP contribution in [0.15, 0.2) is 36.8 Å². The molecule has 0 aliphatic carbocycles. The average molecular weight is 312 g/mol. The number of sulfone groups is 1. The zero-order chi connectivity index (χ0) is 14.6. The molecule has 1 heterocycles. The predicted molar refractivity (Wildman–Crippen MR) is 79.4 cm³/mol. The van der Waals surface area contributed by atoms with Gasteiger partial charge in [0, 0.05) is 12.8 Å². The van der Waals surface area contributed by atoms with Gasteiger partial charge in [0.05, 0.1) is 11.9 Å². The molecule has 5 nitrogen and oxygen atoms in total. The molecule has 2 rings (SSSR count). The molecule has 0 atom stereocenters. The lowest BCUT2D eigenvalue weighted by molar-refractivity contribution is 0.601. The molecule has 20 heavy (non-hydrogen) atoms. The number of rotatable bonds is 5. The second-order valence-electron chi connectivity index (χ2n) is 4.46. The van der Waals surface area contributed by atoms with Crippen LogP contribution in [-0.2, 0) is 22.1 Å². The summed E-state index contributed by atoms with van der Waals surface area (Å²) in [4.78, 5) is 7.83. The first-order valence-corrected chi connectivity index (χ1v) is 8.33. The van der Waals surface area contributed by atoms with Crippen LogP contribution in [0, 0.1) is 0 Å². The van der Waals surface area contributed by atoms with Crippen molar-refractivity contribution >= 4 is 27.3 Å². The van der Waals surface area contributed by atoms with Crippen LogP contribution in [0.4, 0.5) is 5.82 Å². The first kappa shape index (κ1) is 14.7. The summed E-state index contributed by atoms with van der Waals surface area (Å²) in [6.07, 6.45) is 4.14. The van der Waals surface area contributed by atoms with E-state index in [1.807, 2.05) is 18.2 Å². The van der Waals surface area contributed by atoms with Gasteiger partial charge >= 0.3 is 0 Å². The number of anilines is 1. The van der Waals surface area contributed by atoms with Crippen LogP contribution in [0.1, 0.15) is 11.1 Å². The summed E-state index contributed by atoms with van der Waals surface area (Å²) in [5.41, 5.74) is 1.72. The lowest BCUT2D eigenvalue weighted by Crippen LogP contribution is -2.04. The van der Waals surface area contributed by atoms with E-state index in [9.17, 15) is 8.42 Å². The molecule has 0 saturated carbocycles. The van der Waals surface area contributed by atoms with Gasteiger partial charge in [-0.1, -0.05) is 35.9 Å². The number of hydrogen-bond donors (Lipinski definition) is 1. The summed E-state index contributed by atoms with van der Waals surface area (Å²) in [6, 6.07) is 7.39. The first-order chi connectivity index (χ1) is 9.44. The number of halogens is 1. The molecule has 0 saturated heterocycles. The molecule has 1 aromatic carbocycles. The Morgan fingerprint density at radius 2 is 2.05 bits per heavy atom. The minimum Gasteiger partial charge on any atom is -0.365 e. The molecule has 0 radical (unpaired) electrons. The monoisotopic (exact) mass is 311 g/mol. The molecule has 0 amide bonds. The van der Waals surface area contributed by atoms with E-state index in [-0.39, 0.29) is 5.75 Å². The molecule has 1 N–H and O–H groups in total. The Morgan fingerprint density at radius 1 is 1.30 bits per heavy atom. The van der Waals surface area contributed by atoms with Crippen molar-refractivity contribution in [2.45, 2.75) is 12.3 Å². The maximum Gasteiger partial charge on any atom is 0.151 e. The SMILES string of the molecule is CS(=O)(=O)Cc1cccc(CNc2ncncc2Cl)c1. The number of hydrogen-bond acceptors (Lipinski definition) is 5. The van der Waals surface area contributed by atoms with Crippen molar-refractivity contribution in [3.05, 3.63) is 52.9 Å². The molecular formula is C13H14ClN3O2S. The van der Waals surface area contributed by atoms with Crippen LogP contribution in [-0.4, -0.2) is 24.6 Å². The Bertz CT molecular complexity index is 704. The van der Waals surface area contributed by atoms with E-state index in [0.717, 1.165) is 11.1 Å². The van der Waals surface area contributed by atoms with Gasteiger partial charge in [0.2, 0.25) is 0 Å². The molecule has 7 heteroatoms. The van der Waals surface area contributed by atoms with E-state index in [1.54, 1.807) is 6.07 Å². The van der Waals surface area contributed by atoms with E-state index in [0.29, 0.717) is 17.4 Å². The Kier molecular flexibility index (Phi) is 4.57. The number of nitrogens with zero attached hydrogens (tertiary/aromatic N) is 2. The lowest BCUT2D eigenvalue weighted by atomic mass is 10.1. The predicted octanol–water partition coefficient (Wildman–Crippen LogP) is 2.29. The van der Waals surface area contributed by atoms with Gasteiger partial charge in [-0.05, 0) is 11.1 Å². The van der Waals surface area contributed by atoms with Crippen LogP contribution in [0.25, 0.3) is 0 Å². The van der Waals surface area contributed by atoms with Crippen molar-refractivity contribution in [1.82, 2.24) is 9.97 Å². The highest BCUT2D eigenvalue weighted by Gasteiger charge is 2.06. The van der Waals surface area contributed by atoms with Gasteiger partial charge in [-0.15, -0.1) is 0 Å². The van der Waals surface area contributed by atoms with Gasteiger partial charge in [0.25, 0.3) is 0 Å². The summed E-state index contributed by atoms with van der Waals surface area (Å²) in [5, 5.41) is 3.53. The second-order valence-corrected chi connectivity index (χ2v) is 7.01. The van der Waals surface area contributed by atoms with Crippen molar-refractivity contribution in [1.29, 1.82) is 0 Å². The molecule has 0 aliphatic heterocycles. The fraction of sp³-hybridized carbons (Fsp3) is 0.231. The molecular weight excluding hydrogens is 298 g/mol. The minimum atomic E-state index is -3.03. The van der Waals surface area contributed by atoms with Gasteiger partial charge < -0.3 is 5.32 Å². The maximum atomic E-state index is 11.3. The number of nitrogens with one attached hydrogen (secondary N) is 1. The number of benzene rings is 1. The van der Waals surface area contributed by atoms with E-state index >= 15 is 0 Å². The van der Waals surface area contributed by atoms with Gasteiger partial charge in [-0.2, -0.15) is 0 Å². The molecule has 0 unspecified atom stereocenters. The van der Waals surface area contributed by atoms with Crippen LogP contribution < -0.4 is 5.32 Å². The fourth-order valence-electron chi connectivity index (χ4n) is 1.76. The Labute approximate surface area is 123 Å². The van der Waals surface area contributed by atoms with Gasteiger partial charge in [0.1, 0.15) is 17.2 Å². The van der Waals surface area contributed by atoms with Crippen molar-refractivity contribution < 1.29 is 8.42 Å². The Hall–Kier alpha value is -1.66. The van der Waals surface area contributed by atoms with Crippen LogP contribution in [0.5, 0.6) is 0 Å². The summed E-state index contributed by atoms with van der Waals surface area (Å²) in [5.74, 6) is 0.588. The summed E-state index contributed by atoms with van der Waals surface area (Å²) in [7, 11) is -3.03. The molecule has 0 bridgehead atoms. The quantitative estimate of drug-likeness (QED) is 0.917.